The van der Waals surface area contributed by atoms with Crippen molar-refractivity contribution in [1.29, 1.82) is 0 Å². The van der Waals surface area contributed by atoms with Crippen LogP contribution in [-0.2, 0) is 0 Å². The van der Waals surface area contributed by atoms with E-state index in [9.17, 15) is 4.39 Å². The maximum absolute atomic E-state index is 14.0. The van der Waals surface area contributed by atoms with Gasteiger partial charge in [0.2, 0.25) is 5.95 Å². The van der Waals surface area contributed by atoms with Crippen molar-refractivity contribution in [2.24, 2.45) is 0 Å². The number of aromatic nitrogens is 3. The zero-order valence-electron chi connectivity index (χ0n) is 13.4. The van der Waals surface area contributed by atoms with Gasteiger partial charge in [0.05, 0.1) is 11.9 Å². The van der Waals surface area contributed by atoms with E-state index in [1.54, 1.807) is 18.2 Å². The molecule has 1 aromatic heterocycles. The highest BCUT2D eigenvalue weighted by Crippen LogP contribution is 2.31. The van der Waals surface area contributed by atoms with E-state index in [4.69, 9.17) is 11.6 Å². The summed E-state index contributed by atoms with van der Waals surface area (Å²) >= 11 is 6.10. The number of hydrogen-bond acceptors (Lipinski definition) is 4. The van der Waals surface area contributed by atoms with Crippen molar-refractivity contribution < 1.29 is 4.39 Å². The molecule has 1 fully saturated rings. The van der Waals surface area contributed by atoms with Gasteiger partial charge in [-0.15, -0.1) is 5.10 Å². The molecule has 4 nitrogen and oxygen atoms in total. The third-order valence-corrected chi connectivity index (χ3v) is 4.72. The van der Waals surface area contributed by atoms with Gasteiger partial charge in [-0.05, 0) is 36.2 Å². The molecule has 3 aromatic rings. The molecule has 25 heavy (non-hydrogen) atoms. The largest absolute Gasteiger partial charge is 0.339 e. The lowest BCUT2D eigenvalue weighted by Gasteiger charge is -2.16. The van der Waals surface area contributed by atoms with Crippen LogP contribution in [0, 0.1) is 5.82 Å². The van der Waals surface area contributed by atoms with E-state index >= 15 is 0 Å². The van der Waals surface area contributed by atoms with Gasteiger partial charge in [-0.3, -0.25) is 0 Å². The Morgan fingerprint density at radius 1 is 1.12 bits per heavy atom. The van der Waals surface area contributed by atoms with Gasteiger partial charge >= 0.3 is 0 Å². The van der Waals surface area contributed by atoms with E-state index in [1.807, 2.05) is 18.2 Å². The zero-order chi connectivity index (χ0) is 17.2. The van der Waals surface area contributed by atoms with E-state index < -0.39 is 0 Å². The summed E-state index contributed by atoms with van der Waals surface area (Å²) in [5.74, 6) is 0.594. The third-order valence-electron chi connectivity index (χ3n) is 4.49. The second-order valence-electron chi connectivity index (χ2n) is 6.11. The molecule has 0 N–H and O–H groups in total. The Morgan fingerprint density at radius 2 is 2.00 bits per heavy atom. The average molecular weight is 355 g/mol. The lowest BCUT2D eigenvalue weighted by molar-refractivity contribution is 0.630. The van der Waals surface area contributed by atoms with Crippen LogP contribution >= 0.6 is 11.6 Å². The molecule has 126 valence electrons. The molecule has 0 saturated carbocycles. The van der Waals surface area contributed by atoms with Crippen LogP contribution in [-0.4, -0.2) is 28.3 Å². The number of rotatable bonds is 3. The number of nitrogens with zero attached hydrogens (tertiary/aromatic N) is 4. The molecule has 0 unspecified atom stereocenters. The van der Waals surface area contributed by atoms with Crippen LogP contribution in [0.15, 0.2) is 54.7 Å². The van der Waals surface area contributed by atoms with E-state index in [2.05, 4.69) is 26.1 Å². The van der Waals surface area contributed by atoms with Gasteiger partial charge in [-0.2, -0.15) is 5.10 Å². The molecule has 0 bridgehead atoms. The number of hydrogen-bond donors (Lipinski definition) is 0. The highest BCUT2D eigenvalue weighted by Gasteiger charge is 2.26. The van der Waals surface area contributed by atoms with Crippen molar-refractivity contribution in [2.45, 2.75) is 12.3 Å². The molecule has 0 radical (unpaired) electrons. The molecule has 2 aromatic carbocycles. The summed E-state index contributed by atoms with van der Waals surface area (Å²) in [6.07, 6.45) is 2.49. The Bertz CT molecular complexity index is 902. The third kappa shape index (κ3) is 3.33. The predicted octanol–water partition coefficient (Wildman–Crippen LogP) is 4.33. The minimum atomic E-state index is -0.313. The molecule has 4 rings (SSSR count). The second-order valence-corrected chi connectivity index (χ2v) is 6.54. The van der Waals surface area contributed by atoms with Crippen LogP contribution in [0.5, 0.6) is 0 Å². The first-order chi connectivity index (χ1) is 12.2. The topological polar surface area (TPSA) is 41.9 Å². The molecule has 0 amide bonds. The molecule has 1 saturated heterocycles. The fourth-order valence-corrected chi connectivity index (χ4v) is 3.40. The molecule has 1 aliphatic heterocycles. The van der Waals surface area contributed by atoms with Gasteiger partial charge in [0.15, 0.2) is 0 Å². The minimum absolute atomic E-state index is 0.313. The average Bonchev–Trinajstić information content (AvgIpc) is 3.12. The monoisotopic (exact) mass is 354 g/mol. The highest BCUT2D eigenvalue weighted by atomic mass is 35.5. The fraction of sp³-hybridized carbons (Fsp3) is 0.211. The van der Waals surface area contributed by atoms with Gasteiger partial charge in [0, 0.05) is 29.6 Å². The summed E-state index contributed by atoms with van der Waals surface area (Å²) in [6.45, 7) is 1.63. The van der Waals surface area contributed by atoms with Crippen LogP contribution < -0.4 is 4.90 Å². The van der Waals surface area contributed by atoms with Gasteiger partial charge < -0.3 is 4.90 Å². The summed E-state index contributed by atoms with van der Waals surface area (Å²) in [5, 5.41) is 8.90. The molecule has 1 aliphatic rings. The standard InChI is InChI=1S/C19H16ClFN4/c20-15-5-3-4-13(10-15)14-8-9-25(12-14)19-23-18(11-22-24-19)16-6-1-2-7-17(16)21/h1-7,10-11,14H,8-9,12H2/t14-/m0/s1. The SMILES string of the molecule is Fc1ccccc1-c1cnnc(N2CC[C@H](c3cccc(Cl)c3)C2)n1. The van der Waals surface area contributed by atoms with Crippen molar-refractivity contribution in [3.63, 3.8) is 0 Å². The van der Waals surface area contributed by atoms with Crippen LogP contribution in [0.25, 0.3) is 11.3 Å². The van der Waals surface area contributed by atoms with E-state index in [1.165, 1.54) is 17.8 Å². The first-order valence-electron chi connectivity index (χ1n) is 8.16. The van der Waals surface area contributed by atoms with Crippen molar-refractivity contribution in [1.82, 2.24) is 15.2 Å². The molecule has 1 atom stereocenters. The quantitative estimate of drug-likeness (QED) is 0.702. The van der Waals surface area contributed by atoms with Crippen molar-refractivity contribution >= 4 is 17.5 Å². The van der Waals surface area contributed by atoms with Gasteiger partial charge in [-0.25, -0.2) is 9.37 Å². The molecule has 6 heteroatoms. The summed E-state index contributed by atoms with van der Waals surface area (Å²) in [6, 6.07) is 14.5. The Labute approximate surface area is 150 Å². The lowest BCUT2D eigenvalue weighted by Crippen LogP contribution is -2.22. The lowest BCUT2D eigenvalue weighted by atomic mass is 9.99. The summed E-state index contributed by atoms with van der Waals surface area (Å²) in [4.78, 5) is 6.60. The highest BCUT2D eigenvalue weighted by molar-refractivity contribution is 6.30. The van der Waals surface area contributed by atoms with Crippen LogP contribution in [0.1, 0.15) is 17.9 Å². The van der Waals surface area contributed by atoms with Gasteiger partial charge in [-0.1, -0.05) is 35.9 Å². The molecular weight excluding hydrogens is 339 g/mol. The van der Waals surface area contributed by atoms with Crippen molar-refractivity contribution in [2.75, 3.05) is 18.0 Å². The summed E-state index contributed by atoms with van der Waals surface area (Å²) in [7, 11) is 0. The molecule has 2 heterocycles. The van der Waals surface area contributed by atoms with Crippen molar-refractivity contribution in [3.05, 3.63) is 71.1 Å². The van der Waals surface area contributed by atoms with E-state index in [-0.39, 0.29) is 5.82 Å². The Morgan fingerprint density at radius 3 is 2.84 bits per heavy atom. The van der Waals surface area contributed by atoms with E-state index in [0.717, 1.165) is 24.5 Å². The number of halogens is 2. The number of anilines is 1. The zero-order valence-corrected chi connectivity index (χ0v) is 14.2. The van der Waals surface area contributed by atoms with Crippen LogP contribution in [0.3, 0.4) is 0 Å². The smallest absolute Gasteiger partial charge is 0.245 e. The molecular formula is C19H16ClFN4. The molecule has 0 aliphatic carbocycles. The molecule has 0 spiro atoms. The summed E-state index contributed by atoms with van der Waals surface area (Å²) in [5.41, 5.74) is 2.15. The maximum atomic E-state index is 14.0. The fourth-order valence-electron chi connectivity index (χ4n) is 3.20. The normalized spacial score (nSPS) is 17.0. The Kier molecular flexibility index (Phi) is 4.32. The van der Waals surface area contributed by atoms with Crippen LogP contribution in [0.4, 0.5) is 10.3 Å². The first-order valence-corrected chi connectivity index (χ1v) is 8.53. The summed E-state index contributed by atoms with van der Waals surface area (Å²) < 4.78 is 14.0. The first kappa shape index (κ1) is 16.0. The van der Waals surface area contributed by atoms with Gasteiger partial charge in [0.1, 0.15) is 5.82 Å². The maximum Gasteiger partial charge on any atom is 0.245 e. The predicted molar refractivity (Wildman–Crippen MR) is 96.2 cm³/mol. The van der Waals surface area contributed by atoms with Crippen molar-refractivity contribution in [3.8, 4) is 11.3 Å². The minimum Gasteiger partial charge on any atom is -0.339 e. The van der Waals surface area contributed by atoms with Crippen LogP contribution in [0.2, 0.25) is 5.02 Å². The van der Waals surface area contributed by atoms with Gasteiger partial charge in [0.25, 0.3) is 0 Å². The second kappa shape index (κ2) is 6.76. The number of benzene rings is 2. The Hall–Kier alpha value is -2.53. The van der Waals surface area contributed by atoms with E-state index in [0.29, 0.717) is 23.1 Å². The Balaban J connectivity index is 1.57.